The third-order valence-corrected chi connectivity index (χ3v) is 5.80. The van der Waals surface area contributed by atoms with E-state index >= 15 is 0 Å². The van der Waals surface area contributed by atoms with Crippen LogP contribution >= 0.6 is 0 Å². The van der Waals surface area contributed by atoms with Crippen molar-refractivity contribution in [2.24, 2.45) is 11.1 Å². The number of benzene rings is 1. The molecular formula is C14H22N2O2S. The molecule has 2 rings (SSSR count). The number of hydrogen-bond acceptors (Lipinski definition) is 3. The van der Waals surface area contributed by atoms with Crippen LogP contribution in [0.5, 0.6) is 0 Å². The van der Waals surface area contributed by atoms with Crippen LogP contribution in [-0.2, 0) is 10.0 Å². The zero-order valence-electron chi connectivity index (χ0n) is 11.8. The summed E-state index contributed by atoms with van der Waals surface area (Å²) in [5.74, 6) is 0. The molecule has 1 aromatic rings. The van der Waals surface area contributed by atoms with Crippen molar-refractivity contribution in [2.75, 3.05) is 13.1 Å². The second-order valence-corrected chi connectivity index (χ2v) is 7.97. The molecule has 1 heterocycles. The van der Waals surface area contributed by atoms with E-state index in [0.717, 1.165) is 5.56 Å². The van der Waals surface area contributed by atoms with Crippen molar-refractivity contribution < 1.29 is 8.42 Å². The standard InChI is InChI=1S/C14H22N2O2S/c1-11-4-6-12(7-5-11)19(17,18)16-9-8-13(15)14(2,3)10-16/h4-7,13H,8-10,15H2,1-3H3. The van der Waals surface area contributed by atoms with Gasteiger partial charge in [-0.2, -0.15) is 4.31 Å². The maximum absolute atomic E-state index is 12.6. The lowest BCUT2D eigenvalue weighted by atomic mass is 9.81. The Kier molecular flexibility index (Phi) is 3.73. The van der Waals surface area contributed by atoms with Gasteiger partial charge in [-0.25, -0.2) is 8.42 Å². The second-order valence-electron chi connectivity index (χ2n) is 6.04. The summed E-state index contributed by atoms with van der Waals surface area (Å²) < 4.78 is 26.7. The molecule has 1 aromatic carbocycles. The lowest BCUT2D eigenvalue weighted by molar-refractivity contribution is 0.155. The van der Waals surface area contributed by atoms with Crippen LogP contribution in [-0.4, -0.2) is 31.9 Å². The molecule has 4 nitrogen and oxygen atoms in total. The van der Waals surface area contributed by atoms with Gasteiger partial charge in [0.2, 0.25) is 10.0 Å². The molecule has 1 unspecified atom stereocenters. The van der Waals surface area contributed by atoms with Crippen LogP contribution in [0.4, 0.5) is 0 Å². The molecule has 0 bridgehead atoms. The van der Waals surface area contributed by atoms with Crippen LogP contribution in [0.1, 0.15) is 25.8 Å². The average molecular weight is 282 g/mol. The van der Waals surface area contributed by atoms with E-state index < -0.39 is 10.0 Å². The smallest absolute Gasteiger partial charge is 0.243 e. The Morgan fingerprint density at radius 3 is 2.37 bits per heavy atom. The summed E-state index contributed by atoms with van der Waals surface area (Å²) in [6.07, 6.45) is 0.706. The first kappa shape index (κ1) is 14.5. The van der Waals surface area contributed by atoms with E-state index in [1.54, 1.807) is 16.4 Å². The third-order valence-electron chi connectivity index (χ3n) is 3.94. The van der Waals surface area contributed by atoms with Crippen molar-refractivity contribution in [3.8, 4) is 0 Å². The Balaban J connectivity index is 2.28. The molecule has 1 saturated heterocycles. The molecular weight excluding hydrogens is 260 g/mol. The van der Waals surface area contributed by atoms with Crippen molar-refractivity contribution in [3.05, 3.63) is 29.8 Å². The lowest BCUT2D eigenvalue weighted by Crippen LogP contribution is -2.53. The van der Waals surface area contributed by atoms with Crippen LogP contribution in [0.2, 0.25) is 0 Å². The molecule has 0 radical (unpaired) electrons. The number of nitrogens with zero attached hydrogens (tertiary/aromatic N) is 1. The molecule has 1 aliphatic heterocycles. The van der Waals surface area contributed by atoms with Gasteiger partial charge in [0, 0.05) is 19.1 Å². The van der Waals surface area contributed by atoms with Crippen molar-refractivity contribution in [1.82, 2.24) is 4.31 Å². The Bertz CT molecular complexity index is 549. The van der Waals surface area contributed by atoms with Crippen molar-refractivity contribution in [3.63, 3.8) is 0 Å². The van der Waals surface area contributed by atoms with E-state index in [1.807, 2.05) is 32.9 Å². The topological polar surface area (TPSA) is 63.4 Å². The summed E-state index contributed by atoms with van der Waals surface area (Å²) in [5.41, 5.74) is 6.93. The van der Waals surface area contributed by atoms with Gasteiger partial charge in [-0.05, 0) is 30.9 Å². The second kappa shape index (κ2) is 4.89. The monoisotopic (exact) mass is 282 g/mol. The number of sulfonamides is 1. The van der Waals surface area contributed by atoms with Gasteiger partial charge < -0.3 is 5.73 Å². The van der Waals surface area contributed by atoms with Gasteiger partial charge >= 0.3 is 0 Å². The van der Waals surface area contributed by atoms with Gasteiger partial charge in [-0.15, -0.1) is 0 Å². The van der Waals surface area contributed by atoms with Gasteiger partial charge in [0.05, 0.1) is 4.90 Å². The third kappa shape index (κ3) is 2.83. The van der Waals surface area contributed by atoms with Crippen molar-refractivity contribution in [1.29, 1.82) is 0 Å². The normalized spacial score (nSPS) is 24.3. The number of aryl methyl sites for hydroxylation is 1. The van der Waals surface area contributed by atoms with Crippen LogP contribution in [0.15, 0.2) is 29.2 Å². The average Bonchev–Trinajstić information content (AvgIpc) is 2.33. The number of piperidine rings is 1. The van der Waals surface area contributed by atoms with Crippen molar-refractivity contribution in [2.45, 2.75) is 38.1 Å². The van der Waals surface area contributed by atoms with Crippen molar-refractivity contribution >= 4 is 10.0 Å². The van der Waals surface area contributed by atoms with Crippen LogP contribution < -0.4 is 5.73 Å². The maximum atomic E-state index is 12.6. The number of nitrogens with two attached hydrogens (primary N) is 1. The van der Waals surface area contributed by atoms with E-state index in [0.29, 0.717) is 24.4 Å². The summed E-state index contributed by atoms with van der Waals surface area (Å²) in [7, 11) is -3.40. The molecule has 1 aliphatic rings. The summed E-state index contributed by atoms with van der Waals surface area (Å²) in [5, 5.41) is 0. The van der Waals surface area contributed by atoms with Gasteiger partial charge in [0.1, 0.15) is 0 Å². The highest BCUT2D eigenvalue weighted by Crippen LogP contribution is 2.31. The molecule has 0 aliphatic carbocycles. The minimum absolute atomic E-state index is 0.0527. The fourth-order valence-electron chi connectivity index (χ4n) is 2.39. The minimum Gasteiger partial charge on any atom is -0.327 e. The molecule has 0 aromatic heterocycles. The van der Waals surface area contributed by atoms with Gasteiger partial charge in [-0.1, -0.05) is 31.5 Å². The molecule has 0 spiro atoms. The summed E-state index contributed by atoms with van der Waals surface area (Å²) in [6, 6.07) is 7.05. The summed E-state index contributed by atoms with van der Waals surface area (Å²) in [6.45, 7) is 6.97. The molecule has 1 fully saturated rings. The Morgan fingerprint density at radius 1 is 1.26 bits per heavy atom. The molecule has 1 atom stereocenters. The molecule has 2 N–H and O–H groups in total. The van der Waals surface area contributed by atoms with E-state index in [-0.39, 0.29) is 11.5 Å². The number of hydrogen-bond donors (Lipinski definition) is 1. The maximum Gasteiger partial charge on any atom is 0.243 e. The van der Waals surface area contributed by atoms with Crippen LogP contribution in [0.25, 0.3) is 0 Å². The number of rotatable bonds is 2. The zero-order valence-corrected chi connectivity index (χ0v) is 12.6. The van der Waals surface area contributed by atoms with Gasteiger partial charge in [0.15, 0.2) is 0 Å². The largest absolute Gasteiger partial charge is 0.327 e. The highest BCUT2D eigenvalue weighted by molar-refractivity contribution is 7.89. The molecule has 5 heteroatoms. The SMILES string of the molecule is Cc1ccc(S(=O)(=O)N2CCC(N)C(C)(C)C2)cc1. The van der Waals surface area contributed by atoms with Gasteiger partial charge in [0.25, 0.3) is 0 Å². The Morgan fingerprint density at radius 2 is 1.84 bits per heavy atom. The van der Waals surface area contributed by atoms with E-state index in [2.05, 4.69) is 0 Å². The fraction of sp³-hybridized carbons (Fsp3) is 0.571. The highest BCUT2D eigenvalue weighted by atomic mass is 32.2. The first-order chi connectivity index (χ1) is 8.73. The fourth-order valence-corrected chi connectivity index (χ4v) is 4.02. The first-order valence-corrected chi connectivity index (χ1v) is 8.00. The van der Waals surface area contributed by atoms with E-state index in [4.69, 9.17) is 5.73 Å². The molecule has 19 heavy (non-hydrogen) atoms. The van der Waals surface area contributed by atoms with E-state index in [9.17, 15) is 8.42 Å². The van der Waals surface area contributed by atoms with E-state index in [1.165, 1.54) is 0 Å². The molecule has 0 saturated carbocycles. The van der Waals surface area contributed by atoms with Crippen LogP contribution in [0.3, 0.4) is 0 Å². The molecule has 0 amide bonds. The predicted molar refractivity (Wildman–Crippen MR) is 76.3 cm³/mol. The van der Waals surface area contributed by atoms with Crippen LogP contribution in [0, 0.1) is 12.3 Å². The molecule has 106 valence electrons. The van der Waals surface area contributed by atoms with Gasteiger partial charge in [-0.3, -0.25) is 0 Å². The summed E-state index contributed by atoms with van der Waals surface area (Å²) in [4.78, 5) is 0.365. The lowest BCUT2D eigenvalue weighted by Gasteiger charge is -2.41. The quantitative estimate of drug-likeness (QED) is 0.898. The minimum atomic E-state index is -3.40. The summed E-state index contributed by atoms with van der Waals surface area (Å²) >= 11 is 0. The Hall–Kier alpha value is -0.910. The predicted octanol–water partition coefficient (Wildman–Crippen LogP) is 1.74. The zero-order chi connectivity index (χ0) is 14.3. The Labute approximate surface area is 115 Å². The first-order valence-electron chi connectivity index (χ1n) is 6.56. The highest BCUT2D eigenvalue weighted by Gasteiger charge is 2.38.